The number of carboxylic acid groups (broad SMARTS) is 1. The highest BCUT2D eigenvalue weighted by atomic mass is 16.5. The zero-order valence-corrected chi connectivity index (χ0v) is 24.3. The van der Waals surface area contributed by atoms with Crippen LogP contribution in [0.25, 0.3) is 10.8 Å². The maximum absolute atomic E-state index is 13.2. The number of carbonyl (C=O) groups is 2. The van der Waals surface area contributed by atoms with Crippen molar-refractivity contribution in [1.29, 1.82) is 0 Å². The lowest BCUT2D eigenvalue weighted by atomic mass is 9.85. The van der Waals surface area contributed by atoms with E-state index in [-0.39, 0.29) is 22.4 Å². The standard InChI is InChI=1S/C34H32N4O5/c1-34(2,3)21-18-26(32(39)40)31(42-4)28(19-21)38-33(41)37-27-14-15-29(25-13-9-8-12-24(25)27)43-23-16-17-35-30(20-23)36-22-10-6-5-7-11-22/h5-20H,1-4H3,(H,35,36)(H,39,40)(H2,37,38,41). The second-order valence-corrected chi connectivity index (χ2v) is 10.9. The van der Waals surface area contributed by atoms with Crippen LogP contribution < -0.4 is 25.4 Å². The summed E-state index contributed by atoms with van der Waals surface area (Å²) >= 11 is 0. The Balaban J connectivity index is 1.40. The third-order valence-corrected chi connectivity index (χ3v) is 6.78. The first-order valence-electron chi connectivity index (χ1n) is 13.6. The van der Waals surface area contributed by atoms with Crippen molar-refractivity contribution in [3.63, 3.8) is 0 Å². The maximum Gasteiger partial charge on any atom is 0.339 e. The summed E-state index contributed by atoms with van der Waals surface area (Å²) in [6.45, 7) is 5.89. The van der Waals surface area contributed by atoms with Crippen LogP contribution in [0, 0.1) is 0 Å². The van der Waals surface area contributed by atoms with Crippen LogP contribution >= 0.6 is 0 Å². The number of methoxy groups -OCH3 is 1. The molecule has 9 heteroatoms. The van der Waals surface area contributed by atoms with Crippen molar-refractivity contribution >= 4 is 45.7 Å². The average Bonchev–Trinajstić information content (AvgIpc) is 2.98. The molecule has 0 atom stereocenters. The average molecular weight is 577 g/mol. The van der Waals surface area contributed by atoms with Gasteiger partial charge in [0.1, 0.15) is 22.9 Å². The third-order valence-electron chi connectivity index (χ3n) is 6.78. The largest absolute Gasteiger partial charge is 0.494 e. The Morgan fingerprint density at radius 2 is 1.51 bits per heavy atom. The number of ether oxygens (including phenoxy) is 2. The number of nitrogens with one attached hydrogen (secondary N) is 3. The number of carboxylic acids is 1. The van der Waals surface area contributed by atoms with E-state index in [1.54, 1.807) is 36.5 Å². The number of rotatable bonds is 8. The molecule has 4 aromatic carbocycles. The fraction of sp³-hybridized carbons (Fsp3) is 0.147. The molecule has 5 aromatic rings. The highest BCUT2D eigenvalue weighted by molar-refractivity contribution is 6.08. The number of aromatic carboxylic acids is 1. The Hall–Kier alpha value is -5.57. The minimum atomic E-state index is -1.15. The number of benzene rings is 4. The van der Waals surface area contributed by atoms with Crippen molar-refractivity contribution < 1.29 is 24.2 Å². The molecule has 0 fully saturated rings. The summed E-state index contributed by atoms with van der Waals surface area (Å²) in [5.74, 6) is 0.758. The van der Waals surface area contributed by atoms with Crippen molar-refractivity contribution in [2.45, 2.75) is 26.2 Å². The van der Waals surface area contributed by atoms with Crippen LogP contribution in [0.15, 0.2) is 97.2 Å². The Kier molecular flexibility index (Phi) is 8.16. The van der Waals surface area contributed by atoms with E-state index in [0.717, 1.165) is 22.0 Å². The zero-order chi connectivity index (χ0) is 30.6. The van der Waals surface area contributed by atoms with Crippen LogP contribution in [0.4, 0.5) is 27.7 Å². The number of aromatic nitrogens is 1. The summed E-state index contributed by atoms with van der Waals surface area (Å²) in [6.07, 6.45) is 1.67. The summed E-state index contributed by atoms with van der Waals surface area (Å²) in [5, 5.41) is 20.3. The highest BCUT2D eigenvalue weighted by Gasteiger charge is 2.24. The molecule has 0 aliphatic carbocycles. The molecule has 0 unspecified atom stereocenters. The van der Waals surface area contributed by atoms with Gasteiger partial charge in [0.15, 0.2) is 5.75 Å². The molecule has 0 radical (unpaired) electrons. The van der Waals surface area contributed by atoms with Gasteiger partial charge in [0.25, 0.3) is 0 Å². The molecule has 0 spiro atoms. The van der Waals surface area contributed by atoms with Gasteiger partial charge in [0.05, 0.1) is 18.5 Å². The van der Waals surface area contributed by atoms with E-state index < -0.39 is 12.0 Å². The van der Waals surface area contributed by atoms with E-state index in [1.165, 1.54) is 7.11 Å². The molecular weight excluding hydrogens is 544 g/mol. The van der Waals surface area contributed by atoms with Crippen molar-refractivity contribution in [3.05, 3.63) is 108 Å². The van der Waals surface area contributed by atoms with Gasteiger partial charge in [-0.05, 0) is 53.4 Å². The number of amides is 2. The van der Waals surface area contributed by atoms with Crippen molar-refractivity contribution in [1.82, 2.24) is 4.98 Å². The number of hydrogen-bond donors (Lipinski definition) is 4. The van der Waals surface area contributed by atoms with Gasteiger partial charge in [-0.15, -0.1) is 0 Å². The Morgan fingerprint density at radius 1 is 0.814 bits per heavy atom. The van der Waals surface area contributed by atoms with Crippen molar-refractivity contribution in [2.24, 2.45) is 0 Å². The quantitative estimate of drug-likeness (QED) is 0.146. The highest BCUT2D eigenvalue weighted by Crippen LogP contribution is 2.37. The Bertz CT molecular complexity index is 1800. The predicted molar refractivity (Wildman–Crippen MR) is 169 cm³/mol. The lowest BCUT2D eigenvalue weighted by Gasteiger charge is -2.23. The molecule has 1 aromatic heterocycles. The number of anilines is 4. The third kappa shape index (κ3) is 6.68. The van der Waals surface area contributed by atoms with E-state index in [0.29, 0.717) is 23.0 Å². The molecule has 1 heterocycles. The summed E-state index contributed by atoms with van der Waals surface area (Å²) in [4.78, 5) is 29.6. The van der Waals surface area contributed by atoms with Crippen LogP contribution in [-0.4, -0.2) is 29.2 Å². The number of nitrogens with zero attached hydrogens (tertiary/aromatic N) is 1. The summed E-state index contributed by atoms with van der Waals surface area (Å²) in [7, 11) is 1.37. The van der Waals surface area contributed by atoms with Crippen LogP contribution in [-0.2, 0) is 5.41 Å². The van der Waals surface area contributed by atoms with Gasteiger partial charge < -0.3 is 30.5 Å². The first kappa shape index (κ1) is 28.9. The summed E-state index contributed by atoms with van der Waals surface area (Å²) < 4.78 is 11.6. The van der Waals surface area contributed by atoms with E-state index >= 15 is 0 Å². The fourth-order valence-corrected chi connectivity index (χ4v) is 4.62. The van der Waals surface area contributed by atoms with E-state index in [9.17, 15) is 14.7 Å². The van der Waals surface area contributed by atoms with Crippen LogP contribution in [0.1, 0.15) is 36.7 Å². The van der Waals surface area contributed by atoms with Gasteiger partial charge in [-0.2, -0.15) is 0 Å². The van der Waals surface area contributed by atoms with E-state index in [1.807, 2.05) is 81.4 Å². The Labute approximate surface area is 249 Å². The molecule has 2 amide bonds. The first-order valence-corrected chi connectivity index (χ1v) is 13.6. The van der Waals surface area contributed by atoms with Gasteiger partial charge in [0, 0.05) is 28.7 Å². The predicted octanol–water partition coefficient (Wildman–Crippen LogP) is 8.42. The monoisotopic (exact) mass is 576 g/mol. The summed E-state index contributed by atoms with van der Waals surface area (Å²) in [5.41, 5.74) is 2.07. The lowest BCUT2D eigenvalue weighted by Crippen LogP contribution is -2.22. The molecule has 0 aliphatic rings. The lowest BCUT2D eigenvalue weighted by molar-refractivity contribution is 0.0693. The Morgan fingerprint density at radius 3 is 2.21 bits per heavy atom. The van der Waals surface area contributed by atoms with Crippen molar-refractivity contribution in [3.8, 4) is 17.2 Å². The second-order valence-electron chi connectivity index (χ2n) is 10.9. The molecule has 43 heavy (non-hydrogen) atoms. The molecule has 0 aliphatic heterocycles. The van der Waals surface area contributed by atoms with Crippen LogP contribution in [0.3, 0.4) is 0 Å². The van der Waals surface area contributed by atoms with Gasteiger partial charge in [0.2, 0.25) is 0 Å². The molecular formula is C34H32N4O5. The number of urea groups is 1. The molecule has 5 rings (SSSR count). The molecule has 218 valence electrons. The van der Waals surface area contributed by atoms with E-state index in [2.05, 4.69) is 20.9 Å². The van der Waals surface area contributed by atoms with Crippen LogP contribution in [0.5, 0.6) is 17.2 Å². The zero-order valence-electron chi connectivity index (χ0n) is 24.3. The number of para-hydroxylation sites is 1. The normalized spacial score (nSPS) is 11.1. The SMILES string of the molecule is COc1c(NC(=O)Nc2ccc(Oc3ccnc(Nc4ccccc4)c3)c3ccccc23)cc(C(C)(C)C)cc1C(=O)O. The maximum atomic E-state index is 13.2. The van der Waals surface area contributed by atoms with Gasteiger partial charge in [-0.25, -0.2) is 14.6 Å². The molecule has 0 saturated heterocycles. The first-order chi connectivity index (χ1) is 20.6. The minimum Gasteiger partial charge on any atom is -0.494 e. The topological polar surface area (TPSA) is 122 Å². The van der Waals surface area contributed by atoms with Gasteiger partial charge in [-0.1, -0.05) is 63.2 Å². The molecule has 0 saturated carbocycles. The number of carbonyl (C=O) groups excluding carboxylic acids is 1. The smallest absolute Gasteiger partial charge is 0.339 e. The number of hydrogen-bond acceptors (Lipinski definition) is 6. The molecule has 0 bridgehead atoms. The van der Waals surface area contributed by atoms with Crippen LogP contribution in [0.2, 0.25) is 0 Å². The summed E-state index contributed by atoms with van der Waals surface area (Å²) in [6, 6.07) is 27.2. The molecule has 9 nitrogen and oxygen atoms in total. The van der Waals surface area contributed by atoms with Gasteiger partial charge >= 0.3 is 12.0 Å². The second kappa shape index (κ2) is 12.1. The number of pyridine rings is 1. The fourth-order valence-electron chi connectivity index (χ4n) is 4.62. The molecule has 4 N–H and O–H groups in total. The minimum absolute atomic E-state index is 0.0320. The van der Waals surface area contributed by atoms with Gasteiger partial charge in [-0.3, -0.25) is 0 Å². The van der Waals surface area contributed by atoms with E-state index in [4.69, 9.17) is 9.47 Å². The number of fused-ring (bicyclic) bond motifs is 1. The van der Waals surface area contributed by atoms with Crippen molar-refractivity contribution in [2.75, 3.05) is 23.1 Å².